The van der Waals surface area contributed by atoms with Gasteiger partial charge in [-0.05, 0) is 62.2 Å². The highest BCUT2D eigenvalue weighted by atomic mass is 35.5. The molecule has 3 rings (SSSR count). The molecule has 202 valence electrons. The van der Waals surface area contributed by atoms with E-state index in [9.17, 15) is 18.0 Å². The maximum absolute atomic E-state index is 13.8. The highest BCUT2D eigenvalue weighted by Crippen LogP contribution is 2.31. The largest absolute Gasteiger partial charge is 0.354 e. The number of carbonyl (C=O) groups excluding carboxylic acids is 2. The lowest BCUT2D eigenvalue weighted by Crippen LogP contribution is -2.51. The summed E-state index contributed by atoms with van der Waals surface area (Å²) in [7, 11) is -4.18. The van der Waals surface area contributed by atoms with E-state index in [2.05, 4.69) is 5.32 Å². The number of halogens is 2. The van der Waals surface area contributed by atoms with Gasteiger partial charge in [-0.25, -0.2) is 8.42 Å². The molecule has 2 amide bonds. The Kier molecular flexibility index (Phi) is 10.2. The number of anilines is 1. The number of nitrogens with one attached hydrogen (secondary N) is 1. The van der Waals surface area contributed by atoms with Crippen molar-refractivity contribution in [2.45, 2.75) is 44.7 Å². The lowest BCUT2D eigenvalue weighted by molar-refractivity contribution is -0.139. The standard InChI is InChI=1S/C28H31Cl2N3O4S/c1-4-16-31-28(35)21(3)32(18-22-8-7-9-23(29)17-22)27(34)19-33(26-11-6-5-10-25(26)30)38(36,37)24-14-12-20(2)13-15-24/h5-15,17,21H,4,16,18-19H2,1-3H3,(H,31,35). The van der Waals surface area contributed by atoms with Gasteiger partial charge in [0.1, 0.15) is 12.6 Å². The fourth-order valence-electron chi connectivity index (χ4n) is 3.82. The number of hydrogen-bond donors (Lipinski definition) is 1. The number of aryl methyl sites for hydroxylation is 1. The normalized spacial score (nSPS) is 12.0. The summed E-state index contributed by atoms with van der Waals surface area (Å²) in [5, 5.41) is 3.46. The topological polar surface area (TPSA) is 86.8 Å². The summed E-state index contributed by atoms with van der Waals surface area (Å²) in [6.45, 7) is 5.34. The van der Waals surface area contributed by atoms with Crippen molar-refractivity contribution in [2.24, 2.45) is 0 Å². The van der Waals surface area contributed by atoms with Crippen LogP contribution in [0.5, 0.6) is 0 Å². The van der Waals surface area contributed by atoms with Crippen LogP contribution in [0.25, 0.3) is 0 Å². The summed E-state index contributed by atoms with van der Waals surface area (Å²) in [4.78, 5) is 28.1. The highest BCUT2D eigenvalue weighted by Gasteiger charge is 2.33. The van der Waals surface area contributed by atoms with E-state index in [0.29, 0.717) is 17.1 Å². The van der Waals surface area contributed by atoms with Crippen LogP contribution in [-0.2, 0) is 26.2 Å². The molecule has 1 atom stereocenters. The van der Waals surface area contributed by atoms with E-state index >= 15 is 0 Å². The molecular weight excluding hydrogens is 545 g/mol. The van der Waals surface area contributed by atoms with Gasteiger partial charge in [0.15, 0.2) is 0 Å². The summed E-state index contributed by atoms with van der Waals surface area (Å²) in [6.07, 6.45) is 0.732. The van der Waals surface area contributed by atoms with Crippen molar-refractivity contribution in [1.29, 1.82) is 0 Å². The minimum atomic E-state index is -4.18. The molecule has 0 spiro atoms. The highest BCUT2D eigenvalue weighted by molar-refractivity contribution is 7.92. The third-order valence-corrected chi connectivity index (χ3v) is 8.30. The van der Waals surface area contributed by atoms with Gasteiger partial charge in [0.25, 0.3) is 10.0 Å². The van der Waals surface area contributed by atoms with Crippen molar-refractivity contribution in [1.82, 2.24) is 10.2 Å². The van der Waals surface area contributed by atoms with E-state index < -0.39 is 28.5 Å². The van der Waals surface area contributed by atoms with Crippen molar-refractivity contribution < 1.29 is 18.0 Å². The Balaban J connectivity index is 2.03. The zero-order valence-corrected chi connectivity index (χ0v) is 23.9. The van der Waals surface area contributed by atoms with Gasteiger partial charge in [-0.3, -0.25) is 13.9 Å². The molecule has 0 aliphatic rings. The van der Waals surface area contributed by atoms with E-state index in [4.69, 9.17) is 23.2 Å². The summed E-state index contributed by atoms with van der Waals surface area (Å²) >= 11 is 12.6. The van der Waals surface area contributed by atoms with Gasteiger partial charge < -0.3 is 10.2 Å². The Morgan fingerprint density at radius 1 is 0.974 bits per heavy atom. The second-order valence-electron chi connectivity index (χ2n) is 8.89. The fourth-order valence-corrected chi connectivity index (χ4v) is 5.75. The van der Waals surface area contributed by atoms with Gasteiger partial charge in [-0.2, -0.15) is 0 Å². The molecule has 0 saturated heterocycles. The molecule has 3 aromatic carbocycles. The monoisotopic (exact) mass is 575 g/mol. The van der Waals surface area contributed by atoms with Gasteiger partial charge in [0.2, 0.25) is 11.8 Å². The first-order chi connectivity index (χ1) is 18.0. The molecule has 0 fully saturated rings. The molecule has 0 bridgehead atoms. The molecule has 0 heterocycles. The van der Waals surface area contributed by atoms with Crippen molar-refractivity contribution in [3.8, 4) is 0 Å². The molecule has 0 saturated carbocycles. The Hall–Kier alpha value is -3.07. The van der Waals surface area contributed by atoms with Crippen molar-refractivity contribution in [2.75, 3.05) is 17.4 Å². The van der Waals surface area contributed by atoms with Gasteiger partial charge in [0.05, 0.1) is 15.6 Å². The van der Waals surface area contributed by atoms with Gasteiger partial charge in [-0.15, -0.1) is 0 Å². The van der Waals surface area contributed by atoms with Crippen molar-refractivity contribution in [3.05, 3.63) is 94.0 Å². The Labute approximate surface area is 234 Å². The SMILES string of the molecule is CCCNC(=O)C(C)N(Cc1cccc(Cl)c1)C(=O)CN(c1ccccc1Cl)S(=O)(=O)c1ccc(C)cc1. The van der Waals surface area contributed by atoms with Crippen LogP contribution in [0.2, 0.25) is 10.0 Å². The van der Waals surface area contributed by atoms with Gasteiger partial charge >= 0.3 is 0 Å². The molecule has 1 unspecified atom stereocenters. The lowest BCUT2D eigenvalue weighted by Gasteiger charge is -2.32. The summed E-state index contributed by atoms with van der Waals surface area (Å²) in [5.74, 6) is -0.910. The predicted octanol–water partition coefficient (Wildman–Crippen LogP) is 5.44. The van der Waals surface area contributed by atoms with E-state index in [1.165, 1.54) is 17.0 Å². The zero-order chi connectivity index (χ0) is 27.9. The molecule has 0 aliphatic carbocycles. The van der Waals surface area contributed by atoms with E-state index in [1.807, 2.05) is 13.8 Å². The number of carbonyl (C=O) groups is 2. The average molecular weight is 577 g/mol. The first kappa shape index (κ1) is 29.5. The fraction of sp³-hybridized carbons (Fsp3) is 0.286. The quantitative estimate of drug-likeness (QED) is 0.330. The van der Waals surface area contributed by atoms with Crippen molar-refractivity contribution in [3.63, 3.8) is 0 Å². The molecule has 10 heteroatoms. The minimum absolute atomic E-state index is 0.0194. The van der Waals surface area contributed by atoms with E-state index in [-0.39, 0.29) is 28.1 Å². The first-order valence-electron chi connectivity index (χ1n) is 12.2. The summed E-state index contributed by atoms with van der Waals surface area (Å²) in [6, 6.07) is 18.9. The minimum Gasteiger partial charge on any atom is -0.354 e. The number of nitrogens with zero attached hydrogens (tertiary/aromatic N) is 2. The second-order valence-corrected chi connectivity index (χ2v) is 11.6. The first-order valence-corrected chi connectivity index (χ1v) is 14.4. The summed E-state index contributed by atoms with van der Waals surface area (Å²) < 4.78 is 28.6. The van der Waals surface area contributed by atoms with Crippen molar-refractivity contribution >= 4 is 50.7 Å². The third-order valence-electron chi connectivity index (χ3n) is 5.97. The van der Waals surface area contributed by atoms with Gasteiger partial charge in [-0.1, -0.05) is 72.1 Å². The maximum atomic E-state index is 13.8. The number of sulfonamides is 1. The van der Waals surface area contributed by atoms with Crippen LogP contribution in [0.1, 0.15) is 31.4 Å². The Morgan fingerprint density at radius 2 is 1.66 bits per heavy atom. The Morgan fingerprint density at radius 3 is 2.29 bits per heavy atom. The molecule has 0 radical (unpaired) electrons. The van der Waals surface area contributed by atoms with Crippen LogP contribution >= 0.6 is 23.2 Å². The lowest BCUT2D eigenvalue weighted by atomic mass is 10.1. The molecule has 1 N–H and O–H groups in total. The number of benzene rings is 3. The second kappa shape index (κ2) is 13.1. The van der Waals surface area contributed by atoms with Crippen LogP contribution in [0.3, 0.4) is 0 Å². The van der Waals surface area contributed by atoms with Crippen LogP contribution in [0.15, 0.2) is 77.7 Å². The third kappa shape index (κ3) is 7.28. The van der Waals surface area contributed by atoms with E-state index in [0.717, 1.165) is 16.3 Å². The maximum Gasteiger partial charge on any atom is 0.264 e. The van der Waals surface area contributed by atoms with Crippen LogP contribution in [0, 0.1) is 6.92 Å². The van der Waals surface area contributed by atoms with Crippen LogP contribution < -0.4 is 9.62 Å². The molecule has 3 aromatic rings. The molecule has 0 aliphatic heterocycles. The van der Waals surface area contributed by atoms with Crippen LogP contribution in [-0.4, -0.2) is 44.3 Å². The average Bonchev–Trinajstić information content (AvgIpc) is 2.89. The molecular formula is C28H31Cl2N3O4S. The van der Waals surface area contributed by atoms with E-state index in [1.54, 1.807) is 67.6 Å². The Bertz CT molecular complexity index is 1380. The zero-order valence-electron chi connectivity index (χ0n) is 21.5. The predicted molar refractivity (Wildman–Crippen MR) is 152 cm³/mol. The molecule has 7 nitrogen and oxygen atoms in total. The number of amides is 2. The summed E-state index contributed by atoms with van der Waals surface area (Å²) in [5.41, 5.74) is 1.75. The molecule has 0 aromatic heterocycles. The molecule has 38 heavy (non-hydrogen) atoms. The van der Waals surface area contributed by atoms with Gasteiger partial charge in [0, 0.05) is 18.1 Å². The number of hydrogen-bond acceptors (Lipinski definition) is 4. The smallest absolute Gasteiger partial charge is 0.264 e. The number of para-hydroxylation sites is 1. The number of rotatable bonds is 11. The van der Waals surface area contributed by atoms with Crippen LogP contribution in [0.4, 0.5) is 5.69 Å².